The molecule has 0 aromatic heterocycles. The molecule has 3 unspecified atom stereocenters. The van der Waals surface area contributed by atoms with Crippen molar-refractivity contribution in [2.75, 3.05) is 6.61 Å². The summed E-state index contributed by atoms with van der Waals surface area (Å²) in [5.41, 5.74) is 0. The summed E-state index contributed by atoms with van der Waals surface area (Å²) in [5, 5.41) is 0.287. The second kappa shape index (κ2) is 5.39. The Morgan fingerprint density at radius 3 is 2.60 bits per heavy atom. The molecule has 6 heteroatoms. The van der Waals surface area contributed by atoms with Crippen LogP contribution in [0.25, 0.3) is 0 Å². The first kappa shape index (κ1) is 14.5. The Morgan fingerprint density at radius 1 is 1.25 bits per heavy atom. The maximum absolute atomic E-state index is 11.2. The van der Waals surface area contributed by atoms with Gasteiger partial charge in [0.25, 0.3) is 9.05 Å². The van der Waals surface area contributed by atoms with E-state index in [0.29, 0.717) is 18.3 Å². The minimum absolute atomic E-state index is 0.00330. The molecule has 1 aromatic rings. The van der Waals surface area contributed by atoms with Crippen molar-refractivity contribution >= 4 is 31.3 Å². The number of fused-ring (bicyclic) bond motifs is 2. The van der Waals surface area contributed by atoms with Crippen LogP contribution in [-0.2, 0) is 9.05 Å². The molecule has 110 valence electrons. The highest BCUT2D eigenvalue weighted by Gasteiger charge is 2.39. The first-order valence-electron chi connectivity index (χ1n) is 6.80. The zero-order chi connectivity index (χ0) is 14.3. The van der Waals surface area contributed by atoms with E-state index in [2.05, 4.69) is 0 Å². The van der Waals surface area contributed by atoms with Gasteiger partial charge in [-0.25, -0.2) is 8.42 Å². The highest BCUT2D eigenvalue weighted by Crippen LogP contribution is 2.48. The van der Waals surface area contributed by atoms with E-state index in [1.165, 1.54) is 37.8 Å². The van der Waals surface area contributed by atoms with E-state index in [1.807, 2.05) is 0 Å². The summed E-state index contributed by atoms with van der Waals surface area (Å²) in [6.07, 6.45) is 5.27. The molecule has 0 amide bonds. The molecule has 0 heterocycles. The number of benzene rings is 1. The minimum atomic E-state index is -3.75. The molecule has 0 aliphatic heterocycles. The van der Waals surface area contributed by atoms with Crippen molar-refractivity contribution in [3.63, 3.8) is 0 Å². The van der Waals surface area contributed by atoms with Crippen LogP contribution in [0.1, 0.15) is 25.7 Å². The molecule has 2 saturated carbocycles. The lowest BCUT2D eigenvalue weighted by molar-refractivity contribution is 0.195. The lowest BCUT2D eigenvalue weighted by atomic mass is 9.89. The maximum Gasteiger partial charge on any atom is 0.261 e. The molecular formula is C14H16Cl2O3S. The van der Waals surface area contributed by atoms with Crippen molar-refractivity contribution in [1.29, 1.82) is 0 Å². The topological polar surface area (TPSA) is 43.4 Å². The average molecular weight is 335 g/mol. The second-order valence-electron chi connectivity index (χ2n) is 5.78. The SMILES string of the molecule is O=S(=O)(Cl)c1ccc(OCC2CC3CCC2C3)c(Cl)c1. The largest absolute Gasteiger partial charge is 0.492 e. The van der Waals surface area contributed by atoms with Crippen LogP contribution in [0.5, 0.6) is 5.75 Å². The van der Waals surface area contributed by atoms with Crippen molar-refractivity contribution in [3.8, 4) is 5.75 Å². The van der Waals surface area contributed by atoms with Crippen molar-refractivity contribution in [3.05, 3.63) is 23.2 Å². The van der Waals surface area contributed by atoms with Gasteiger partial charge in [-0.3, -0.25) is 0 Å². The van der Waals surface area contributed by atoms with Crippen molar-refractivity contribution in [1.82, 2.24) is 0 Å². The van der Waals surface area contributed by atoms with E-state index >= 15 is 0 Å². The van der Waals surface area contributed by atoms with E-state index in [0.717, 1.165) is 11.8 Å². The van der Waals surface area contributed by atoms with Crippen LogP contribution in [0.3, 0.4) is 0 Å². The molecule has 3 rings (SSSR count). The smallest absolute Gasteiger partial charge is 0.261 e. The van der Waals surface area contributed by atoms with Crippen LogP contribution < -0.4 is 4.74 Å². The van der Waals surface area contributed by atoms with Crippen LogP contribution in [0.4, 0.5) is 0 Å². The van der Waals surface area contributed by atoms with Crippen molar-refractivity contribution < 1.29 is 13.2 Å². The van der Waals surface area contributed by atoms with Crippen LogP contribution in [0.15, 0.2) is 23.1 Å². The number of ether oxygens (including phenoxy) is 1. The van der Waals surface area contributed by atoms with Crippen molar-refractivity contribution in [2.24, 2.45) is 17.8 Å². The highest BCUT2D eigenvalue weighted by atomic mass is 35.7. The van der Waals surface area contributed by atoms with E-state index in [9.17, 15) is 8.42 Å². The zero-order valence-electron chi connectivity index (χ0n) is 10.9. The molecule has 3 atom stereocenters. The molecule has 0 saturated heterocycles. The summed E-state index contributed by atoms with van der Waals surface area (Å²) >= 11 is 6.05. The van der Waals surface area contributed by atoms with Gasteiger partial charge in [-0.2, -0.15) is 0 Å². The van der Waals surface area contributed by atoms with Gasteiger partial charge in [0.05, 0.1) is 16.5 Å². The predicted molar refractivity (Wildman–Crippen MR) is 78.9 cm³/mol. The number of hydrogen-bond donors (Lipinski definition) is 0. The van der Waals surface area contributed by atoms with Gasteiger partial charge in [0.15, 0.2) is 0 Å². The van der Waals surface area contributed by atoms with Gasteiger partial charge in [-0.05, 0) is 55.2 Å². The fourth-order valence-electron chi connectivity index (χ4n) is 3.53. The van der Waals surface area contributed by atoms with Crippen LogP contribution in [-0.4, -0.2) is 15.0 Å². The molecule has 0 N–H and O–H groups in total. The molecule has 0 spiro atoms. The van der Waals surface area contributed by atoms with Crippen LogP contribution in [0, 0.1) is 17.8 Å². The Balaban J connectivity index is 1.66. The number of halogens is 2. The first-order valence-corrected chi connectivity index (χ1v) is 9.49. The fourth-order valence-corrected chi connectivity index (χ4v) is 4.60. The standard InChI is InChI=1S/C14H16Cl2O3S/c15-13-7-12(20(16,17)18)3-4-14(13)19-8-11-6-9-1-2-10(11)5-9/h3-4,7,9-11H,1-2,5-6,8H2. The molecule has 1 aromatic carbocycles. The predicted octanol–water partition coefficient (Wildman–Crippen LogP) is 4.08. The Labute approximate surface area is 128 Å². The van der Waals surface area contributed by atoms with Crippen LogP contribution in [0.2, 0.25) is 5.02 Å². The third-order valence-electron chi connectivity index (χ3n) is 4.52. The van der Waals surface area contributed by atoms with Gasteiger partial charge in [0.2, 0.25) is 0 Å². The van der Waals surface area contributed by atoms with E-state index < -0.39 is 9.05 Å². The summed E-state index contributed by atoms with van der Waals surface area (Å²) in [5.74, 6) is 2.81. The quantitative estimate of drug-likeness (QED) is 0.779. The minimum Gasteiger partial charge on any atom is -0.492 e. The third-order valence-corrected chi connectivity index (χ3v) is 6.17. The summed E-state index contributed by atoms with van der Waals surface area (Å²) in [4.78, 5) is -0.00330. The van der Waals surface area contributed by atoms with Gasteiger partial charge in [0.1, 0.15) is 5.75 Å². The van der Waals surface area contributed by atoms with Gasteiger partial charge in [0, 0.05) is 10.7 Å². The van der Waals surface area contributed by atoms with E-state index in [4.69, 9.17) is 27.0 Å². The Morgan fingerprint density at radius 2 is 2.05 bits per heavy atom. The fraction of sp³-hybridized carbons (Fsp3) is 0.571. The maximum atomic E-state index is 11.2. The summed E-state index contributed by atoms with van der Waals surface area (Å²) in [6, 6.07) is 4.33. The molecule has 2 aliphatic rings. The third kappa shape index (κ3) is 2.92. The zero-order valence-corrected chi connectivity index (χ0v) is 13.2. The van der Waals surface area contributed by atoms with Crippen LogP contribution >= 0.6 is 22.3 Å². The number of hydrogen-bond acceptors (Lipinski definition) is 3. The molecule has 2 bridgehead atoms. The molecule has 2 aliphatic carbocycles. The van der Waals surface area contributed by atoms with Gasteiger partial charge in [-0.1, -0.05) is 18.0 Å². The van der Waals surface area contributed by atoms with E-state index in [-0.39, 0.29) is 9.92 Å². The molecule has 3 nitrogen and oxygen atoms in total. The Bertz CT molecular complexity index is 615. The monoisotopic (exact) mass is 334 g/mol. The second-order valence-corrected chi connectivity index (χ2v) is 8.75. The molecule has 0 radical (unpaired) electrons. The van der Waals surface area contributed by atoms with Gasteiger partial charge in [-0.15, -0.1) is 0 Å². The lowest BCUT2D eigenvalue weighted by Gasteiger charge is -2.22. The number of rotatable bonds is 4. The normalized spacial score (nSPS) is 28.8. The Hall–Kier alpha value is -0.450. The van der Waals surface area contributed by atoms with Gasteiger partial charge < -0.3 is 4.74 Å². The molecule has 20 heavy (non-hydrogen) atoms. The van der Waals surface area contributed by atoms with Gasteiger partial charge >= 0.3 is 0 Å². The summed E-state index contributed by atoms with van der Waals surface area (Å²) in [7, 11) is 1.53. The van der Waals surface area contributed by atoms with E-state index in [1.54, 1.807) is 6.07 Å². The molecule has 2 fully saturated rings. The molecular weight excluding hydrogens is 319 g/mol. The van der Waals surface area contributed by atoms with Crippen molar-refractivity contribution in [2.45, 2.75) is 30.6 Å². The Kier molecular flexibility index (Phi) is 3.91. The average Bonchev–Trinajstić information content (AvgIpc) is 2.98. The first-order chi connectivity index (χ1) is 9.43. The summed E-state index contributed by atoms with van der Waals surface area (Å²) < 4.78 is 28.2. The highest BCUT2D eigenvalue weighted by molar-refractivity contribution is 8.13. The summed E-state index contributed by atoms with van der Waals surface area (Å²) in [6.45, 7) is 0.661. The lowest BCUT2D eigenvalue weighted by Crippen LogP contribution is -2.18.